The molecule has 6 nitrogen and oxygen atoms in total. The first-order valence-corrected chi connectivity index (χ1v) is 11.1. The normalized spacial score (nSPS) is 21.6. The maximum absolute atomic E-state index is 13.1. The fourth-order valence-electron chi connectivity index (χ4n) is 4.54. The molecule has 2 fully saturated rings. The smallest absolute Gasteiger partial charge is 0.296 e. The number of likely N-dealkylation sites (tertiary alicyclic amines) is 1. The summed E-state index contributed by atoms with van der Waals surface area (Å²) in [6.45, 7) is 4.04. The van der Waals surface area contributed by atoms with Crippen molar-refractivity contribution in [3.8, 4) is 5.75 Å². The highest BCUT2D eigenvalue weighted by Gasteiger charge is 2.50. The van der Waals surface area contributed by atoms with Crippen molar-refractivity contribution in [3.05, 3.63) is 58.0 Å². The molecule has 1 aromatic carbocycles. The molecule has 2 aromatic rings. The molecule has 2 heterocycles. The van der Waals surface area contributed by atoms with Crippen molar-refractivity contribution in [2.24, 2.45) is 0 Å². The van der Waals surface area contributed by atoms with Gasteiger partial charge in [-0.05, 0) is 57.0 Å². The van der Waals surface area contributed by atoms with Crippen LogP contribution in [0.15, 0.2) is 40.3 Å². The Bertz CT molecular complexity index is 1030. The summed E-state index contributed by atoms with van der Waals surface area (Å²) in [4.78, 5) is 27.9. The summed E-state index contributed by atoms with van der Waals surface area (Å²) in [6.07, 6.45) is 4.80. The Morgan fingerprint density at radius 3 is 2.58 bits per heavy atom. The third-order valence-corrected chi connectivity index (χ3v) is 6.30. The highest BCUT2D eigenvalue weighted by atomic mass is 35.5. The van der Waals surface area contributed by atoms with Crippen molar-refractivity contribution in [1.29, 1.82) is 0 Å². The molecular weight excluding hydrogens is 418 g/mol. The molecule has 1 aliphatic carbocycles. The number of rotatable bonds is 5. The van der Waals surface area contributed by atoms with Crippen LogP contribution >= 0.6 is 11.6 Å². The number of benzene rings is 1. The van der Waals surface area contributed by atoms with Gasteiger partial charge in [0.05, 0.1) is 17.2 Å². The van der Waals surface area contributed by atoms with E-state index >= 15 is 0 Å². The molecule has 0 radical (unpaired) electrons. The number of carbonyl (C=O) groups is 2. The number of nitrogens with zero attached hydrogens (tertiary/aromatic N) is 1. The summed E-state index contributed by atoms with van der Waals surface area (Å²) >= 11 is 6.18. The second-order valence-electron chi connectivity index (χ2n) is 8.02. The van der Waals surface area contributed by atoms with Gasteiger partial charge in [0.25, 0.3) is 11.7 Å². The van der Waals surface area contributed by atoms with E-state index in [1.165, 1.54) is 0 Å². The third kappa shape index (κ3) is 3.97. The Morgan fingerprint density at radius 2 is 1.94 bits per heavy atom. The van der Waals surface area contributed by atoms with Crippen LogP contribution in [-0.2, 0) is 9.59 Å². The van der Waals surface area contributed by atoms with Crippen molar-refractivity contribution >= 4 is 29.1 Å². The largest absolute Gasteiger partial charge is 0.507 e. The van der Waals surface area contributed by atoms with Gasteiger partial charge in [-0.25, -0.2) is 0 Å². The molecule has 1 saturated carbocycles. The highest BCUT2D eigenvalue weighted by molar-refractivity contribution is 6.46. The van der Waals surface area contributed by atoms with Gasteiger partial charge in [0.1, 0.15) is 29.1 Å². The summed E-state index contributed by atoms with van der Waals surface area (Å²) < 4.78 is 11.4. The number of ether oxygens (including phenoxy) is 1. The number of aliphatic hydroxyl groups excluding tert-OH is 1. The Labute approximate surface area is 186 Å². The van der Waals surface area contributed by atoms with Gasteiger partial charge in [0.2, 0.25) is 0 Å². The number of amides is 1. The summed E-state index contributed by atoms with van der Waals surface area (Å²) in [7, 11) is 0. The van der Waals surface area contributed by atoms with Crippen LogP contribution in [-0.4, -0.2) is 34.3 Å². The third-order valence-electron chi connectivity index (χ3n) is 5.98. The zero-order chi connectivity index (χ0) is 22.1. The quantitative estimate of drug-likeness (QED) is 0.380. The van der Waals surface area contributed by atoms with Crippen LogP contribution in [0.5, 0.6) is 5.75 Å². The number of aliphatic hydroxyl groups is 1. The molecule has 1 unspecified atom stereocenters. The molecule has 1 saturated heterocycles. The van der Waals surface area contributed by atoms with Crippen LogP contribution in [0.1, 0.15) is 62.2 Å². The number of hydrogen-bond donors (Lipinski definition) is 1. The Hall–Kier alpha value is -2.73. The van der Waals surface area contributed by atoms with Gasteiger partial charge in [-0.1, -0.05) is 30.9 Å². The fourth-order valence-corrected chi connectivity index (χ4v) is 4.71. The minimum Gasteiger partial charge on any atom is -0.507 e. The first kappa shape index (κ1) is 21.5. The molecule has 0 bridgehead atoms. The minimum atomic E-state index is -0.761. The monoisotopic (exact) mass is 443 g/mol. The Morgan fingerprint density at radius 1 is 1.19 bits per heavy atom. The number of halogens is 1. The zero-order valence-electron chi connectivity index (χ0n) is 17.7. The summed E-state index contributed by atoms with van der Waals surface area (Å²) in [5.41, 5.74) is 0.400. The number of aryl methyl sites for hydroxylation is 1. The standard InChI is InChI=1S/C24H26ClNO5/c1-3-30-19-13-15(10-11-17(19)25)22(27)20-21(18-12-9-14(2)31-18)26(24(29)23(20)28)16-7-5-4-6-8-16/h9-13,16,21,27H,3-8H2,1-2H3/b22-20-. The van der Waals surface area contributed by atoms with Gasteiger partial charge in [-0.15, -0.1) is 0 Å². The molecule has 7 heteroatoms. The maximum atomic E-state index is 13.1. The number of carbonyl (C=O) groups excluding carboxylic acids is 2. The predicted molar refractivity (Wildman–Crippen MR) is 117 cm³/mol. The van der Waals surface area contributed by atoms with Gasteiger partial charge < -0.3 is 19.2 Å². The first-order valence-electron chi connectivity index (χ1n) is 10.7. The molecule has 1 atom stereocenters. The fraction of sp³-hybridized carbons (Fsp3) is 0.417. The van der Waals surface area contributed by atoms with E-state index in [4.69, 9.17) is 20.8 Å². The van der Waals surface area contributed by atoms with Gasteiger partial charge in [-0.2, -0.15) is 0 Å². The van der Waals surface area contributed by atoms with Crippen molar-refractivity contribution in [2.45, 2.75) is 58.0 Å². The van der Waals surface area contributed by atoms with Gasteiger partial charge in [0.15, 0.2) is 0 Å². The average Bonchev–Trinajstić information content (AvgIpc) is 3.31. The summed E-state index contributed by atoms with van der Waals surface area (Å²) in [5, 5.41) is 11.6. The Balaban J connectivity index is 1.85. The molecule has 4 rings (SSSR count). The maximum Gasteiger partial charge on any atom is 0.296 e. The van der Waals surface area contributed by atoms with Crippen LogP contribution in [0.2, 0.25) is 5.02 Å². The SMILES string of the molecule is CCOc1cc(/C(O)=C2/C(=O)C(=O)N(C3CCCCC3)C2c2ccc(C)o2)ccc1Cl. The van der Waals surface area contributed by atoms with E-state index in [0.29, 0.717) is 34.5 Å². The molecule has 1 aliphatic heterocycles. The highest BCUT2D eigenvalue weighted by Crippen LogP contribution is 2.44. The van der Waals surface area contributed by atoms with Gasteiger partial charge in [-0.3, -0.25) is 9.59 Å². The lowest BCUT2D eigenvalue weighted by Gasteiger charge is -2.34. The van der Waals surface area contributed by atoms with E-state index in [2.05, 4.69) is 0 Å². The van der Waals surface area contributed by atoms with Crippen molar-refractivity contribution in [2.75, 3.05) is 6.61 Å². The lowest BCUT2D eigenvalue weighted by molar-refractivity contribution is -0.142. The second-order valence-corrected chi connectivity index (χ2v) is 8.43. The summed E-state index contributed by atoms with van der Waals surface area (Å²) in [5.74, 6) is 0.00663. The molecule has 164 valence electrons. The van der Waals surface area contributed by atoms with Crippen LogP contribution in [0, 0.1) is 6.92 Å². The first-order chi connectivity index (χ1) is 14.9. The second kappa shape index (κ2) is 8.79. The van der Waals surface area contributed by atoms with E-state index in [9.17, 15) is 14.7 Å². The van der Waals surface area contributed by atoms with E-state index in [1.807, 2.05) is 13.8 Å². The molecule has 1 amide bonds. The zero-order valence-corrected chi connectivity index (χ0v) is 18.4. The van der Waals surface area contributed by atoms with Crippen LogP contribution in [0.25, 0.3) is 5.76 Å². The number of Topliss-reactive ketones (excluding diaryl/α,β-unsaturated/α-hetero) is 1. The average molecular weight is 444 g/mol. The lowest BCUT2D eigenvalue weighted by Crippen LogP contribution is -2.40. The van der Waals surface area contributed by atoms with Gasteiger partial charge >= 0.3 is 0 Å². The van der Waals surface area contributed by atoms with Crippen molar-refractivity contribution in [3.63, 3.8) is 0 Å². The summed E-state index contributed by atoms with van der Waals surface area (Å²) in [6, 6.07) is 7.54. The number of furan rings is 1. The van der Waals surface area contributed by atoms with E-state index in [1.54, 1.807) is 35.2 Å². The van der Waals surface area contributed by atoms with E-state index in [-0.39, 0.29) is 17.4 Å². The van der Waals surface area contributed by atoms with Crippen LogP contribution < -0.4 is 4.74 Å². The lowest BCUT2D eigenvalue weighted by atomic mass is 9.92. The van der Waals surface area contributed by atoms with E-state index in [0.717, 1.165) is 32.1 Å². The molecule has 0 spiro atoms. The molecule has 1 N–H and O–H groups in total. The molecule has 31 heavy (non-hydrogen) atoms. The van der Waals surface area contributed by atoms with E-state index < -0.39 is 17.7 Å². The number of ketones is 1. The van der Waals surface area contributed by atoms with Crippen LogP contribution in [0.3, 0.4) is 0 Å². The molecular formula is C24H26ClNO5. The van der Waals surface area contributed by atoms with Crippen LogP contribution in [0.4, 0.5) is 0 Å². The topological polar surface area (TPSA) is 80.0 Å². The van der Waals surface area contributed by atoms with Crippen molar-refractivity contribution in [1.82, 2.24) is 4.90 Å². The molecule has 2 aliphatic rings. The minimum absolute atomic E-state index is 0.0368. The number of hydrogen-bond acceptors (Lipinski definition) is 5. The Kier molecular flexibility index (Phi) is 6.10. The predicted octanol–water partition coefficient (Wildman–Crippen LogP) is 5.39. The molecule has 1 aromatic heterocycles. The van der Waals surface area contributed by atoms with Gasteiger partial charge in [0, 0.05) is 11.6 Å². The van der Waals surface area contributed by atoms with Crippen molar-refractivity contribution < 1.29 is 23.8 Å².